The normalized spacial score (nSPS) is 16.3. The van der Waals surface area contributed by atoms with Crippen molar-refractivity contribution in [1.82, 2.24) is 4.31 Å². The minimum Gasteiger partial charge on any atom is -0.379 e. The zero-order chi connectivity index (χ0) is 20.9. The number of hydrogen-bond acceptors (Lipinski definition) is 6. The molecule has 3 rings (SSSR count). The maximum absolute atomic E-state index is 12.8. The maximum Gasteiger partial charge on any atom is 0.293 e. The molecular formula is C20H25N3O5S. The van der Waals surface area contributed by atoms with Crippen molar-refractivity contribution < 1.29 is 18.1 Å². The summed E-state index contributed by atoms with van der Waals surface area (Å²) in [6, 6.07) is 13.6. The van der Waals surface area contributed by atoms with E-state index in [4.69, 9.17) is 4.74 Å². The van der Waals surface area contributed by atoms with Crippen LogP contribution in [0.5, 0.6) is 0 Å². The number of nitro benzene ring substituents is 1. The predicted molar refractivity (Wildman–Crippen MR) is 110 cm³/mol. The lowest BCUT2D eigenvalue weighted by Gasteiger charge is -2.26. The molecule has 0 bridgehead atoms. The fraction of sp³-hybridized carbons (Fsp3) is 0.400. The maximum atomic E-state index is 12.8. The lowest BCUT2D eigenvalue weighted by molar-refractivity contribution is -0.384. The van der Waals surface area contributed by atoms with Crippen molar-refractivity contribution in [3.63, 3.8) is 0 Å². The Labute approximate surface area is 170 Å². The first-order valence-electron chi connectivity index (χ1n) is 9.61. The molecule has 0 unspecified atom stereocenters. The second-order valence-corrected chi connectivity index (χ2v) is 8.79. The molecule has 2 aromatic carbocycles. The molecule has 8 nitrogen and oxygen atoms in total. The van der Waals surface area contributed by atoms with Crippen molar-refractivity contribution in [2.45, 2.75) is 30.7 Å². The zero-order valence-corrected chi connectivity index (χ0v) is 17.1. The molecule has 156 valence electrons. The number of nitro groups is 1. The average Bonchev–Trinajstić information content (AvgIpc) is 2.74. The fourth-order valence-corrected chi connectivity index (χ4v) is 4.79. The Balaban J connectivity index is 1.92. The van der Waals surface area contributed by atoms with Crippen molar-refractivity contribution in [1.29, 1.82) is 0 Å². The summed E-state index contributed by atoms with van der Waals surface area (Å²) in [4.78, 5) is 11.1. The summed E-state index contributed by atoms with van der Waals surface area (Å²) in [6.07, 6.45) is 1.68. The third-order valence-corrected chi connectivity index (χ3v) is 6.78. The summed E-state index contributed by atoms with van der Waals surface area (Å²) in [7, 11) is -3.80. The highest BCUT2D eigenvalue weighted by Gasteiger charge is 2.29. The van der Waals surface area contributed by atoms with Gasteiger partial charge in [-0.25, -0.2) is 8.42 Å². The Hall–Kier alpha value is -2.49. The molecule has 0 radical (unpaired) electrons. The van der Waals surface area contributed by atoms with Crippen LogP contribution in [0.1, 0.15) is 31.4 Å². The van der Waals surface area contributed by atoms with Gasteiger partial charge in [0.25, 0.3) is 5.69 Å². The number of ether oxygens (including phenoxy) is 1. The number of nitrogens with zero attached hydrogens (tertiary/aromatic N) is 2. The van der Waals surface area contributed by atoms with Crippen molar-refractivity contribution in [2.75, 3.05) is 31.6 Å². The molecule has 1 saturated heterocycles. The molecule has 0 aromatic heterocycles. The van der Waals surface area contributed by atoms with E-state index in [-0.39, 0.29) is 29.7 Å². The van der Waals surface area contributed by atoms with Gasteiger partial charge in [0.1, 0.15) is 5.69 Å². The molecule has 2 aromatic rings. The van der Waals surface area contributed by atoms with Crippen molar-refractivity contribution in [2.24, 2.45) is 0 Å². The van der Waals surface area contributed by atoms with E-state index in [9.17, 15) is 18.5 Å². The van der Waals surface area contributed by atoms with Gasteiger partial charge in [0.05, 0.1) is 29.1 Å². The topological polar surface area (TPSA) is 102 Å². The SMILES string of the molecule is CCC[C@H](Nc1ccc(S(=O)(=O)N2CCOCC2)cc1[N+](=O)[O-])c1ccccc1. The van der Waals surface area contributed by atoms with Gasteiger partial charge in [-0.3, -0.25) is 10.1 Å². The van der Waals surface area contributed by atoms with Crippen LogP contribution in [0.2, 0.25) is 0 Å². The van der Waals surface area contributed by atoms with E-state index in [0.717, 1.165) is 24.5 Å². The van der Waals surface area contributed by atoms with Gasteiger partial charge in [0.15, 0.2) is 0 Å². The van der Waals surface area contributed by atoms with Crippen LogP contribution in [0.4, 0.5) is 11.4 Å². The molecule has 1 heterocycles. The number of hydrogen-bond donors (Lipinski definition) is 1. The summed E-state index contributed by atoms with van der Waals surface area (Å²) in [5, 5.41) is 14.9. The Morgan fingerprint density at radius 3 is 2.48 bits per heavy atom. The van der Waals surface area contributed by atoms with Crippen molar-refractivity contribution in [3.05, 3.63) is 64.2 Å². The molecule has 1 aliphatic rings. The van der Waals surface area contributed by atoms with Crippen LogP contribution < -0.4 is 5.32 Å². The molecular weight excluding hydrogens is 394 g/mol. The van der Waals surface area contributed by atoms with E-state index in [1.807, 2.05) is 37.3 Å². The standard InChI is InChI=1S/C20H25N3O5S/c1-2-6-18(16-7-4-3-5-8-16)21-19-10-9-17(15-20(19)23(24)25)29(26,27)22-11-13-28-14-12-22/h3-5,7-10,15,18,21H,2,6,11-14H2,1H3/t18-/m0/s1. The molecule has 0 saturated carbocycles. The smallest absolute Gasteiger partial charge is 0.293 e. The number of rotatable bonds is 8. The first-order valence-corrected chi connectivity index (χ1v) is 11.1. The highest BCUT2D eigenvalue weighted by molar-refractivity contribution is 7.89. The van der Waals surface area contributed by atoms with E-state index in [2.05, 4.69) is 5.32 Å². The van der Waals surface area contributed by atoms with Crippen LogP contribution in [-0.2, 0) is 14.8 Å². The number of nitrogens with one attached hydrogen (secondary N) is 1. The summed E-state index contributed by atoms with van der Waals surface area (Å²) in [5.74, 6) is 0. The van der Waals surface area contributed by atoms with Gasteiger partial charge in [-0.2, -0.15) is 4.31 Å². The van der Waals surface area contributed by atoms with E-state index in [0.29, 0.717) is 18.9 Å². The molecule has 0 amide bonds. The molecule has 1 aliphatic heterocycles. The van der Waals surface area contributed by atoms with E-state index < -0.39 is 14.9 Å². The Bertz CT molecular complexity index is 944. The fourth-order valence-electron chi connectivity index (χ4n) is 3.36. The second kappa shape index (κ2) is 9.34. The summed E-state index contributed by atoms with van der Waals surface area (Å²) >= 11 is 0. The molecule has 9 heteroatoms. The van der Waals surface area contributed by atoms with E-state index in [1.165, 1.54) is 16.4 Å². The van der Waals surface area contributed by atoms with E-state index in [1.54, 1.807) is 0 Å². The highest BCUT2D eigenvalue weighted by atomic mass is 32.2. The van der Waals surface area contributed by atoms with Crippen molar-refractivity contribution in [3.8, 4) is 0 Å². The molecule has 1 N–H and O–H groups in total. The average molecular weight is 420 g/mol. The van der Waals surface area contributed by atoms with Gasteiger partial charge >= 0.3 is 0 Å². The quantitative estimate of drug-likeness (QED) is 0.518. The first-order chi connectivity index (χ1) is 13.9. The minimum absolute atomic E-state index is 0.0802. The first kappa shape index (κ1) is 21.2. The summed E-state index contributed by atoms with van der Waals surface area (Å²) in [6.45, 7) is 3.16. The highest BCUT2D eigenvalue weighted by Crippen LogP contribution is 2.33. The van der Waals surface area contributed by atoms with Crippen LogP contribution in [-0.4, -0.2) is 43.9 Å². The van der Waals surface area contributed by atoms with Gasteiger partial charge < -0.3 is 10.1 Å². The molecule has 29 heavy (non-hydrogen) atoms. The molecule has 1 fully saturated rings. The third kappa shape index (κ3) is 4.92. The third-order valence-electron chi connectivity index (χ3n) is 4.88. The number of sulfonamides is 1. The number of benzene rings is 2. The summed E-state index contributed by atoms with van der Waals surface area (Å²) in [5.41, 5.74) is 1.07. The number of morpholine rings is 1. The Morgan fingerprint density at radius 1 is 1.17 bits per heavy atom. The molecule has 0 aliphatic carbocycles. The van der Waals surface area contributed by atoms with Gasteiger partial charge in [-0.1, -0.05) is 43.7 Å². The van der Waals surface area contributed by atoms with Crippen molar-refractivity contribution >= 4 is 21.4 Å². The summed E-state index contributed by atoms with van der Waals surface area (Å²) < 4.78 is 32.2. The predicted octanol–water partition coefficient (Wildman–Crippen LogP) is 3.57. The van der Waals surface area contributed by atoms with Crippen LogP contribution in [0.15, 0.2) is 53.4 Å². The van der Waals surface area contributed by atoms with Gasteiger partial charge in [-0.15, -0.1) is 0 Å². The van der Waals surface area contributed by atoms with Gasteiger partial charge in [-0.05, 0) is 24.1 Å². The monoisotopic (exact) mass is 419 g/mol. The second-order valence-electron chi connectivity index (χ2n) is 6.85. The zero-order valence-electron chi connectivity index (χ0n) is 16.3. The Kier molecular flexibility index (Phi) is 6.83. The number of anilines is 1. The van der Waals surface area contributed by atoms with Crippen LogP contribution in [0.3, 0.4) is 0 Å². The lowest BCUT2D eigenvalue weighted by atomic mass is 10.0. The lowest BCUT2D eigenvalue weighted by Crippen LogP contribution is -2.40. The van der Waals surface area contributed by atoms with Crippen LogP contribution >= 0.6 is 0 Å². The van der Waals surface area contributed by atoms with Crippen LogP contribution in [0, 0.1) is 10.1 Å². The minimum atomic E-state index is -3.80. The Morgan fingerprint density at radius 2 is 1.86 bits per heavy atom. The van der Waals surface area contributed by atoms with Crippen LogP contribution in [0.25, 0.3) is 0 Å². The molecule has 0 spiro atoms. The molecule has 1 atom stereocenters. The van der Waals surface area contributed by atoms with Gasteiger partial charge in [0, 0.05) is 19.2 Å². The van der Waals surface area contributed by atoms with Gasteiger partial charge in [0.2, 0.25) is 10.0 Å². The van der Waals surface area contributed by atoms with E-state index >= 15 is 0 Å². The largest absolute Gasteiger partial charge is 0.379 e.